The molecule has 0 aromatic rings. The van der Waals surface area contributed by atoms with Crippen LogP contribution in [-0.2, 0) is 0 Å². The molecule has 0 bridgehead atoms. The monoisotopic (exact) mass is 225 g/mol. The second kappa shape index (κ2) is 7.52. The minimum absolute atomic E-state index is 0. The number of hydrogen-bond acceptors (Lipinski definition) is 1. The molecule has 1 saturated carbocycles. The summed E-state index contributed by atoms with van der Waals surface area (Å²) in [5.74, 6) is 0.754. The molecule has 70 valence electrons. The van der Waals surface area contributed by atoms with Gasteiger partial charge < -0.3 is 5.32 Å². The molecule has 1 unspecified atom stereocenters. The molecule has 0 aliphatic heterocycles. The third-order valence-corrected chi connectivity index (χ3v) is 2.87. The van der Waals surface area contributed by atoms with E-state index in [-0.39, 0.29) is 29.6 Å². The Bertz CT molecular complexity index is 158. The third-order valence-electron chi connectivity index (χ3n) is 2.65. The van der Waals surface area contributed by atoms with Crippen LogP contribution < -0.4 is 29.6 Å². The molecule has 0 aromatic heterocycles. The van der Waals surface area contributed by atoms with Crippen LogP contribution in [0.5, 0.6) is 0 Å². The van der Waals surface area contributed by atoms with Gasteiger partial charge in [0.25, 0.3) is 0 Å². The van der Waals surface area contributed by atoms with Gasteiger partial charge in [-0.2, -0.15) is 12.6 Å². The van der Waals surface area contributed by atoms with Crippen LogP contribution in [0.15, 0.2) is 0 Å². The molecule has 1 aliphatic rings. The van der Waals surface area contributed by atoms with Gasteiger partial charge in [-0.3, -0.25) is 0 Å². The molecule has 0 heterocycles. The molecular formula is C9H16NNaS2. The topological polar surface area (TPSA) is 14.1 Å². The van der Waals surface area contributed by atoms with Crippen LogP contribution in [0.3, 0.4) is 0 Å². The van der Waals surface area contributed by atoms with Crippen molar-refractivity contribution in [1.82, 2.24) is 0 Å². The van der Waals surface area contributed by atoms with Crippen LogP contribution >= 0.6 is 24.8 Å². The molecule has 1 nitrogen and oxygen atoms in total. The zero-order chi connectivity index (χ0) is 8.97. The van der Waals surface area contributed by atoms with E-state index in [9.17, 15) is 0 Å². The van der Waals surface area contributed by atoms with Crippen LogP contribution in [0.25, 0.3) is 5.32 Å². The molecule has 1 fully saturated rings. The van der Waals surface area contributed by atoms with E-state index in [1.165, 1.54) is 32.1 Å². The Kier molecular flexibility index (Phi) is 8.24. The number of thiocarbonyl (C=S) groups is 1. The second-order valence-corrected chi connectivity index (χ2v) is 4.66. The van der Waals surface area contributed by atoms with Gasteiger partial charge >= 0.3 is 29.6 Å². The zero-order valence-corrected chi connectivity index (χ0v) is 12.2. The Morgan fingerprint density at radius 1 is 1.38 bits per heavy atom. The average molecular weight is 225 g/mol. The molecule has 1 atom stereocenters. The van der Waals surface area contributed by atoms with Gasteiger partial charge in [0, 0.05) is 0 Å². The predicted molar refractivity (Wildman–Crippen MR) is 61.0 cm³/mol. The molecule has 0 N–H and O–H groups in total. The number of nitrogens with zero attached hydrogens (tertiary/aromatic N) is 1. The van der Waals surface area contributed by atoms with Gasteiger partial charge in [0.15, 0.2) is 0 Å². The summed E-state index contributed by atoms with van der Waals surface area (Å²) in [7, 11) is 0. The van der Waals surface area contributed by atoms with Gasteiger partial charge in [0.05, 0.1) is 0 Å². The quantitative estimate of drug-likeness (QED) is 0.412. The maximum Gasteiger partial charge on any atom is 1.00 e. The van der Waals surface area contributed by atoms with E-state index in [0.717, 1.165) is 5.92 Å². The molecule has 0 saturated heterocycles. The first-order valence-electron chi connectivity index (χ1n) is 4.64. The van der Waals surface area contributed by atoms with E-state index >= 15 is 0 Å². The number of hydrogen-bond donors (Lipinski definition) is 1. The molecule has 1 rings (SSSR count). The normalized spacial score (nSPS) is 20.2. The van der Waals surface area contributed by atoms with Gasteiger partial charge in [-0.25, -0.2) is 0 Å². The Balaban J connectivity index is 0.00000144. The fourth-order valence-electron chi connectivity index (χ4n) is 1.90. The second-order valence-electron chi connectivity index (χ2n) is 3.55. The summed E-state index contributed by atoms with van der Waals surface area (Å²) >= 11 is 8.86. The van der Waals surface area contributed by atoms with Gasteiger partial charge in [-0.15, -0.1) is 6.04 Å². The summed E-state index contributed by atoms with van der Waals surface area (Å²) in [4.78, 5) is 0. The Hall–Kier alpha value is 1.24. The predicted octanol–water partition coefficient (Wildman–Crippen LogP) is 0.548. The van der Waals surface area contributed by atoms with Crippen molar-refractivity contribution in [2.75, 3.05) is 0 Å². The summed E-state index contributed by atoms with van der Waals surface area (Å²) < 4.78 is 0.507. The van der Waals surface area contributed by atoms with E-state index < -0.39 is 0 Å². The van der Waals surface area contributed by atoms with Crippen molar-refractivity contribution in [3.8, 4) is 0 Å². The molecule has 13 heavy (non-hydrogen) atoms. The molecule has 1 aliphatic carbocycles. The van der Waals surface area contributed by atoms with Crippen molar-refractivity contribution in [3.05, 3.63) is 5.32 Å². The average Bonchev–Trinajstić information content (AvgIpc) is 2.05. The molecule has 0 radical (unpaired) electrons. The Labute approximate surface area is 114 Å². The van der Waals surface area contributed by atoms with Crippen LogP contribution in [0.4, 0.5) is 0 Å². The fourth-order valence-corrected chi connectivity index (χ4v) is 2.24. The fraction of sp³-hybridized carbons (Fsp3) is 0.889. The first kappa shape index (κ1) is 14.2. The smallest absolute Gasteiger partial charge is 0.667 e. The number of thiol groups is 1. The third kappa shape index (κ3) is 5.63. The first-order chi connectivity index (χ1) is 5.70. The van der Waals surface area contributed by atoms with E-state index in [1.807, 2.05) is 0 Å². The van der Waals surface area contributed by atoms with Gasteiger partial charge in [-0.1, -0.05) is 57.2 Å². The zero-order valence-electron chi connectivity index (χ0n) is 8.49. The summed E-state index contributed by atoms with van der Waals surface area (Å²) in [5.41, 5.74) is 0. The summed E-state index contributed by atoms with van der Waals surface area (Å²) in [6.07, 6.45) is 6.77. The minimum Gasteiger partial charge on any atom is -0.667 e. The van der Waals surface area contributed by atoms with Crippen LogP contribution in [0, 0.1) is 5.92 Å². The van der Waals surface area contributed by atoms with Gasteiger partial charge in [0.1, 0.15) is 0 Å². The van der Waals surface area contributed by atoms with Crippen LogP contribution in [-0.4, -0.2) is 10.4 Å². The summed E-state index contributed by atoms with van der Waals surface area (Å²) in [5, 5.41) is 4.30. The Morgan fingerprint density at radius 2 is 1.92 bits per heavy atom. The molecule has 0 aromatic carbocycles. The minimum atomic E-state index is 0. The standard InChI is InChI=1S/C9H17NS2.Na/c1-7(10-9(11)12)8-5-3-2-4-6-8;/h7-8H,2-6H2,1H3,(H2,10,11,12);/q;+1/p-1. The van der Waals surface area contributed by atoms with Gasteiger partial charge in [-0.05, 0) is 4.32 Å². The van der Waals surface area contributed by atoms with Crippen LogP contribution in [0.2, 0.25) is 0 Å². The SMILES string of the molecule is CC([N-]C(=S)S)C1CCCCC1.[Na+]. The van der Waals surface area contributed by atoms with Crippen molar-refractivity contribution >= 4 is 29.2 Å². The van der Waals surface area contributed by atoms with Crippen LogP contribution in [0.1, 0.15) is 39.0 Å². The van der Waals surface area contributed by atoms with Gasteiger partial charge in [0.2, 0.25) is 0 Å². The van der Waals surface area contributed by atoms with E-state index in [1.54, 1.807) is 0 Å². The van der Waals surface area contributed by atoms with Crippen molar-refractivity contribution in [1.29, 1.82) is 0 Å². The van der Waals surface area contributed by atoms with E-state index in [0.29, 0.717) is 10.4 Å². The maximum atomic E-state index is 4.84. The van der Waals surface area contributed by atoms with Crippen molar-refractivity contribution < 1.29 is 29.6 Å². The molecular weight excluding hydrogens is 209 g/mol. The Morgan fingerprint density at radius 3 is 2.38 bits per heavy atom. The summed E-state index contributed by atoms with van der Waals surface area (Å²) in [6.45, 7) is 2.15. The molecule has 4 heteroatoms. The molecule has 0 spiro atoms. The van der Waals surface area contributed by atoms with Crippen molar-refractivity contribution in [3.63, 3.8) is 0 Å². The van der Waals surface area contributed by atoms with E-state index in [4.69, 9.17) is 12.2 Å². The van der Waals surface area contributed by atoms with Crippen molar-refractivity contribution in [2.45, 2.75) is 45.1 Å². The van der Waals surface area contributed by atoms with E-state index in [2.05, 4.69) is 24.9 Å². The van der Waals surface area contributed by atoms with Crippen molar-refractivity contribution in [2.24, 2.45) is 5.92 Å². The molecule has 0 amide bonds. The first-order valence-corrected chi connectivity index (χ1v) is 5.49. The maximum absolute atomic E-state index is 4.84. The largest absolute Gasteiger partial charge is 1.00 e. The summed E-state index contributed by atoms with van der Waals surface area (Å²) in [6, 6.07) is 0.385. The number of rotatable bonds is 2.